The number of hydrogen-bond acceptors (Lipinski definition) is 6. The molecule has 0 spiro atoms. The molecular weight excluding hydrogens is 388 g/mol. The monoisotopic (exact) mass is 414 g/mol. The first-order valence-electron chi connectivity index (χ1n) is 9.98. The number of aromatic nitrogens is 1. The second-order valence-electron chi connectivity index (χ2n) is 7.69. The number of nitrogens with one attached hydrogen (secondary N) is 2. The molecule has 2 aliphatic heterocycles. The first-order chi connectivity index (χ1) is 14.0. The summed E-state index contributed by atoms with van der Waals surface area (Å²) in [4.78, 5) is 32.5. The van der Waals surface area contributed by atoms with Crippen molar-refractivity contribution >= 4 is 34.0 Å². The summed E-state index contributed by atoms with van der Waals surface area (Å²) in [6.07, 6.45) is 2.10. The van der Waals surface area contributed by atoms with Gasteiger partial charge in [-0.2, -0.15) is 0 Å². The number of rotatable bonds is 5. The first kappa shape index (κ1) is 20.0. The Labute approximate surface area is 174 Å². The third-order valence-electron chi connectivity index (χ3n) is 5.42. The minimum atomic E-state index is -0.360. The van der Waals surface area contributed by atoms with Crippen molar-refractivity contribution in [2.45, 2.75) is 45.8 Å². The highest BCUT2D eigenvalue weighted by Crippen LogP contribution is 2.29. The molecule has 1 saturated heterocycles. The molecule has 0 radical (unpaired) electrons. The molecule has 3 heterocycles. The van der Waals surface area contributed by atoms with Gasteiger partial charge in [0, 0.05) is 36.7 Å². The quantitative estimate of drug-likeness (QED) is 0.786. The van der Waals surface area contributed by atoms with Crippen molar-refractivity contribution in [2.75, 3.05) is 30.3 Å². The van der Waals surface area contributed by atoms with Crippen LogP contribution in [0.4, 0.5) is 10.8 Å². The standard InChI is InChI=1S/C21H26N4O3S/c1-13-5-6-15(10-14(13)2)22-19(26)12-25-8-7-16-18(11-25)29-21(23-16)24-20(27)17-4-3-9-28-17/h5-6,10,17H,3-4,7-9,11-12H2,1-2H3,(H,22,26)(H,23,24,27). The van der Waals surface area contributed by atoms with E-state index in [4.69, 9.17) is 4.74 Å². The molecule has 1 aromatic heterocycles. The second-order valence-corrected chi connectivity index (χ2v) is 8.77. The highest BCUT2D eigenvalue weighted by atomic mass is 32.1. The molecule has 2 aliphatic rings. The number of aryl methyl sites for hydroxylation is 2. The van der Waals surface area contributed by atoms with Crippen LogP contribution < -0.4 is 10.6 Å². The van der Waals surface area contributed by atoms with E-state index in [1.54, 1.807) is 0 Å². The number of carbonyl (C=O) groups excluding carboxylic acids is 2. The molecule has 4 rings (SSSR count). The molecule has 154 valence electrons. The number of ether oxygens (including phenoxy) is 1. The summed E-state index contributed by atoms with van der Waals surface area (Å²) in [7, 11) is 0. The lowest BCUT2D eigenvalue weighted by molar-refractivity contribution is -0.124. The van der Waals surface area contributed by atoms with Crippen LogP contribution in [-0.2, 0) is 27.3 Å². The van der Waals surface area contributed by atoms with Crippen LogP contribution in [0.25, 0.3) is 0 Å². The van der Waals surface area contributed by atoms with Gasteiger partial charge in [-0.25, -0.2) is 4.98 Å². The highest BCUT2D eigenvalue weighted by Gasteiger charge is 2.26. The predicted molar refractivity (Wildman–Crippen MR) is 113 cm³/mol. The van der Waals surface area contributed by atoms with Gasteiger partial charge in [-0.3, -0.25) is 19.8 Å². The van der Waals surface area contributed by atoms with Gasteiger partial charge in [0.05, 0.1) is 12.2 Å². The third-order valence-corrected chi connectivity index (χ3v) is 6.42. The van der Waals surface area contributed by atoms with Gasteiger partial charge in [-0.05, 0) is 49.9 Å². The van der Waals surface area contributed by atoms with Crippen molar-refractivity contribution in [2.24, 2.45) is 0 Å². The second kappa shape index (κ2) is 8.61. The van der Waals surface area contributed by atoms with Crippen LogP contribution in [0.3, 0.4) is 0 Å². The molecule has 0 saturated carbocycles. The summed E-state index contributed by atoms with van der Waals surface area (Å²) < 4.78 is 5.42. The SMILES string of the molecule is Cc1ccc(NC(=O)CN2CCc3nc(NC(=O)C4CCCO4)sc3C2)cc1C. The normalized spacial score (nSPS) is 19.0. The fourth-order valence-electron chi connectivity index (χ4n) is 3.63. The first-order valence-corrected chi connectivity index (χ1v) is 10.8. The van der Waals surface area contributed by atoms with Crippen molar-refractivity contribution < 1.29 is 14.3 Å². The topological polar surface area (TPSA) is 83.6 Å². The molecule has 0 bridgehead atoms. The maximum absolute atomic E-state index is 12.5. The number of anilines is 2. The van der Waals surface area contributed by atoms with Gasteiger partial charge < -0.3 is 10.1 Å². The number of fused-ring (bicyclic) bond motifs is 1. The van der Waals surface area contributed by atoms with E-state index in [0.717, 1.165) is 47.6 Å². The maximum Gasteiger partial charge on any atom is 0.255 e. The van der Waals surface area contributed by atoms with E-state index < -0.39 is 0 Å². The van der Waals surface area contributed by atoms with E-state index in [2.05, 4.69) is 27.4 Å². The Bertz CT molecular complexity index is 921. The molecule has 2 N–H and O–H groups in total. The van der Waals surface area contributed by atoms with Gasteiger partial charge >= 0.3 is 0 Å². The number of thiazole rings is 1. The zero-order valence-corrected chi connectivity index (χ0v) is 17.6. The van der Waals surface area contributed by atoms with Gasteiger partial charge in [-0.1, -0.05) is 6.07 Å². The number of hydrogen-bond donors (Lipinski definition) is 2. The van der Waals surface area contributed by atoms with Gasteiger partial charge in [0.2, 0.25) is 5.91 Å². The molecule has 29 heavy (non-hydrogen) atoms. The summed E-state index contributed by atoms with van der Waals surface area (Å²) in [5, 5.41) is 6.49. The summed E-state index contributed by atoms with van der Waals surface area (Å²) in [5.41, 5.74) is 4.21. The fourth-order valence-corrected chi connectivity index (χ4v) is 4.68. The van der Waals surface area contributed by atoms with Gasteiger partial charge in [0.1, 0.15) is 6.10 Å². The average Bonchev–Trinajstić information content (AvgIpc) is 3.34. The lowest BCUT2D eigenvalue weighted by Gasteiger charge is -2.25. The zero-order chi connectivity index (χ0) is 20.4. The van der Waals surface area contributed by atoms with Crippen molar-refractivity contribution in [3.63, 3.8) is 0 Å². The molecule has 1 unspecified atom stereocenters. The Kier molecular flexibility index (Phi) is 5.94. The number of nitrogens with zero attached hydrogens (tertiary/aromatic N) is 2. The molecule has 0 aliphatic carbocycles. The van der Waals surface area contributed by atoms with E-state index >= 15 is 0 Å². The molecule has 2 aromatic rings. The minimum Gasteiger partial charge on any atom is -0.368 e. The van der Waals surface area contributed by atoms with Crippen LogP contribution in [0.2, 0.25) is 0 Å². The molecule has 1 aromatic carbocycles. The molecule has 1 fully saturated rings. The third kappa shape index (κ3) is 4.83. The number of amides is 2. The number of carbonyl (C=O) groups is 2. The summed E-state index contributed by atoms with van der Waals surface area (Å²) in [5.74, 6) is -0.133. The Balaban J connectivity index is 1.32. The van der Waals surface area contributed by atoms with Crippen LogP contribution in [-0.4, -0.2) is 47.5 Å². The van der Waals surface area contributed by atoms with Crippen molar-refractivity contribution in [3.05, 3.63) is 39.9 Å². The smallest absolute Gasteiger partial charge is 0.255 e. The lowest BCUT2D eigenvalue weighted by Crippen LogP contribution is -2.36. The van der Waals surface area contributed by atoms with E-state index in [9.17, 15) is 9.59 Å². The molecule has 2 amide bonds. The molecule has 1 atom stereocenters. The van der Waals surface area contributed by atoms with Gasteiger partial charge in [0.15, 0.2) is 5.13 Å². The van der Waals surface area contributed by atoms with Gasteiger partial charge in [0.25, 0.3) is 5.91 Å². The van der Waals surface area contributed by atoms with E-state index in [1.165, 1.54) is 16.9 Å². The van der Waals surface area contributed by atoms with Crippen LogP contribution in [0.15, 0.2) is 18.2 Å². The average molecular weight is 415 g/mol. The number of benzene rings is 1. The summed E-state index contributed by atoms with van der Waals surface area (Å²) in [6.45, 7) is 6.52. The lowest BCUT2D eigenvalue weighted by atomic mass is 10.1. The molecular formula is C21H26N4O3S. The van der Waals surface area contributed by atoms with Crippen molar-refractivity contribution in [1.82, 2.24) is 9.88 Å². The van der Waals surface area contributed by atoms with E-state index in [1.807, 2.05) is 25.1 Å². The van der Waals surface area contributed by atoms with Crippen LogP contribution in [0.1, 0.15) is 34.5 Å². The zero-order valence-electron chi connectivity index (χ0n) is 16.8. The fraction of sp³-hybridized carbons (Fsp3) is 0.476. The van der Waals surface area contributed by atoms with E-state index in [-0.39, 0.29) is 17.9 Å². The Morgan fingerprint density at radius 1 is 1.28 bits per heavy atom. The Morgan fingerprint density at radius 3 is 2.90 bits per heavy atom. The predicted octanol–water partition coefficient (Wildman–Crippen LogP) is 2.87. The summed E-state index contributed by atoms with van der Waals surface area (Å²) in [6, 6.07) is 5.94. The van der Waals surface area contributed by atoms with Crippen molar-refractivity contribution in [1.29, 1.82) is 0 Å². The molecule has 7 nitrogen and oxygen atoms in total. The highest BCUT2D eigenvalue weighted by molar-refractivity contribution is 7.15. The van der Waals surface area contributed by atoms with Crippen LogP contribution in [0, 0.1) is 13.8 Å². The van der Waals surface area contributed by atoms with E-state index in [0.29, 0.717) is 24.8 Å². The Morgan fingerprint density at radius 2 is 2.14 bits per heavy atom. The Hall–Kier alpha value is -2.29. The molecule has 8 heteroatoms. The van der Waals surface area contributed by atoms with Crippen molar-refractivity contribution in [3.8, 4) is 0 Å². The van der Waals surface area contributed by atoms with Gasteiger partial charge in [-0.15, -0.1) is 11.3 Å². The summed E-state index contributed by atoms with van der Waals surface area (Å²) >= 11 is 1.49. The maximum atomic E-state index is 12.5. The van der Waals surface area contributed by atoms with Crippen LogP contribution in [0.5, 0.6) is 0 Å². The van der Waals surface area contributed by atoms with Crippen LogP contribution >= 0.6 is 11.3 Å². The largest absolute Gasteiger partial charge is 0.368 e. The minimum absolute atomic E-state index is 0.0203.